The van der Waals surface area contributed by atoms with Crippen molar-refractivity contribution in [2.24, 2.45) is 13.0 Å². The lowest BCUT2D eigenvalue weighted by molar-refractivity contribution is -0.384. The van der Waals surface area contributed by atoms with Crippen molar-refractivity contribution >= 4 is 35.0 Å². The van der Waals surface area contributed by atoms with Gasteiger partial charge >= 0.3 is 0 Å². The topological polar surface area (TPSA) is 141 Å². The number of nitro groups is 1. The first-order chi connectivity index (χ1) is 17.1. The van der Waals surface area contributed by atoms with Crippen LogP contribution in [0.5, 0.6) is 5.75 Å². The molecule has 3 rings (SSSR count). The molecule has 0 aliphatic rings. The van der Waals surface area contributed by atoms with Gasteiger partial charge in [0, 0.05) is 30.4 Å². The van der Waals surface area contributed by atoms with E-state index in [0.29, 0.717) is 33.5 Å². The summed E-state index contributed by atoms with van der Waals surface area (Å²) >= 11 is 1.20. The predicted octanol–water partition coefficient (Wildman–Crippen LogP) is 3.90. The van der Waals surface area contributed by atoms with Gasteiger partial charge in [0.05, 0.1) is 23.8 Å². The lowest BCUT2D eigenvalue weighted by Gasteiger charge is -2.21. The molecule has 0 bridgehead atoms. The van der Waals surface area contributed by atoms with Crippen molar-refractivity contribution in [2.75, 3.05) is 18.2 Å². The summed E-state index contributed by atoms with van der Waals surface area (Å²) in [4.78, 5) is 35.7. The molecule has 1 heterocycles. The first-order valence-corrected chi connectivity index (χ1v) is 12.1. The Bertz CT molecular complexity index is 1260. The number of nitrogens with one attached hydrogen (secondary N) is 2. The number of nitro benzene ring substituents is 1. The number of hydrogen-bond acceptors (Lipinski definition) is 8. The number of rotatable bonds is 10. The van der Waals surface area contributed by atoms with E-state index in [1.807, 2.05) is 13.8 Å². The number of methoxy groups -OCH3 is 1. The van der Waals surface area contributed by atoms with Gasteiger partial charge in [-0.1, -0.05) is 25.6 Å². The minimum atomic E-state index is -0.482. The average Bonchev–Trinajstić information content (AvgIpc) is 3.21. The Morgan fingerprint density at radius 1 is 1.17 bits per heavy atom. The first kappa shape index (κ1) is 26.7. The van der Waals surface area contributed by atoms with E-state index in [1.165, 1.54) is 30.0 Å². The molecule has 2 aromatic carbocycles. The van der Waals surface area contributed by atoms with Gasteiger partial charge in [0.2, 0.25) is 5.91 Å². The van der Waals surface area contributed by atoms with Gasteiger partial charge in [-0.15, -0.1) is 10.2 Å². The van der Waals surface area contributed by atoms with E-state index in [4.69, 9.17) is 4.74 Å². The van der Waals surface area contributed by atoms with E-state index in [2.05, 4.69) is 20.8 Å². The summed E-state index contributed by atoms with van der Waals surface area (Å²) in [6.45, 7) is 5.64. The van der Waals surface area contributed by atoms with Gasteiger partial charge in [-0.25, -0.2) is 0 Å². The SMILES string of the molecule is COc1ccc(C(=O)N[C@@H](c2nnc(SCC(=O)Nc3ccc([N+](=O)[O-])cc3C)n2C)C(C)C)cc1. The lowest BCUT2D eigenvalue weighted by atomic mass is 10.0. The number of carbonyl (C=O) groups excluding carboxylic acids is 2. The number of hydrogen-bond donors (Lipinski definition) is 2. The number of aromatic nitrogens is 3. The van der Waals surface area contributed by atoms with Gasteiger partial charge < -0.3 is 19.9 Å². The quantitative estimate of drug-likeness (QED) is 0.237. The summed E-state index contributed by atoms with van der Waals surface area (Å²) in [7, 11) is 3.35. The first-order valence-electron chi connectivity index (χ1n) is 11.1. The normalized spacial score (nSPS) is 11.7. The van der Waals surface area contributed by atoms with Gasteiger partial charge in [0.25, 0.3) is 11.6 Å². The van der Waals surface area contributed by atoms with Crippen molar-refractivity contribution in [2.45, 2.75) is 32.0 Å². The maximum Gasteiger partial charge on any atom is 0.269 e. The van der Waals surface area contributed by atoms with E-state index in [-0.39, 0.29) is 29.2 Å². The van der Waals surface area contributed by atoms with Gasteiger partial charge in [0.1, 0.15) is 5.75 Å². The molecule has 0 fully saturated rings. The zero-order chi connectivity index (χ0) is 26.4. The van der Waals surface area contributed by atoms with Crippen molar-refractivity contribution in [3.05, 3.63) is 69.5 Å². The van der Waals surface area contributed by atoms with Crippen molar-refractivity contribution < 1.29 is 19.2 Å². The maximum absolute atomic E-state index is 12.8. The van der Waals surface area contributed by atoms with E-state index >= 15 is 0 Å². The number of benzene rings is 2. The lowest BCUT2D eigenvalue weighted by Crippen LogP contribution is -2.33. The standard InChI is InChI=1S/C24H28N6O5S/c1-14(2)21(26-23(32)16-6-9-18(35-5)10-7-16)22-27-28-24(29(22)4)36-13-20(31)25-19-11-8-17(30(33)34)12-15(19)3/h6-12,14,21H,13H2,1-5H3,(H,25,31)(H,26,32)/t21-/m1/s1. The summed E-state index contributed by atoms with van der Waals surface area (Å²) in [6, 6.07) is 10.7. The number of non-ortho nitro benzene ring substituents is 1. The van der Waals surface area contributed by atoms with Crippen molar-refractivity contribution in [3.63, 3.8) is 0 Å². The minimum Gasteiger partial charge on any atom is -0.497 e. The van der Waals surface area contributed by atoms with Crippen LogP contribution in [-0.2, 0) is 11.8 Å². The zero-order valence-electron chi connectivity index (χ0n) is 20.6. The third kappa shape index (κ3) is 6.39. The number of nitrogens with zero attached hydrogens (tertiary/aromatic N) is 4. The molecule has 2 N–H and O–H groups in total. The fourth-order valence-corrected chi connectivity index (χ4v) is 4.16. The summed E-state index contributed by atoms with van der Waals surface area (Å²) < 4.78 is 6.90. The number of ether oxygens (including phenoxy) is 1. The maximum atomic E-state index is 12.8. The van der Waals surface area contributed by atoms with Crippen LogP contribution in [0.15, 0.2) is 47.6 Å². The molecule has 2 amide bonds. The van der Waals surface area contributed by atoms with E-state index in [9.17, 15) is 19.7 Å². The third-order valence-corrected chi connectivity index (χ3v) is 6.50. The second kappa shape index (κ2) is 11.7. The van der Waals surface area contributed by atoms with Gasteiger partial charge in [-0.05, 0) is 48.7 Å². The molecule has 1 atom stereocenters. The Balaban J connectivity index is 1.65. The molecule has 3 aromatic rings. The van der Waals surface area contributed by atoms with Crippen molar-refractivity contribution in [1.82, 2.24) is 20.1 Å². The number of amides is 2. The molecule has 36 heavy (non-hydrogen) atoms. The average molecular weight is 513 g/mol. The Labute approximate surface area is 212 Å². The smallest absolute Gasteiger partial charge is 0.269 e. The summed E-state index contributed by atoms with van der Waals surface area (Å²) in [5, 5.41) is 25.7. The molecule has 0 saturated heterocycles. The van der Waals surface area contributed by atoms with Crippen LogP contribution in [0, 0.1) is 23.0 Å². The molecule has 0 spiro atoms. The summed E-state index contributed by atoms with van der Waals surface area (Å²) in [5.74, 6) is 0.797. The zero-order valence-corrected chi connectivity index (χ0v) is 21.5. The van der Waals surface area contributed by atoms with Gasteiger partial charge in [-0.3, -0.25) is 19.7 Å². The summed E-state index contributed by atoms with van der Waals surface area (Å²) in [6.07, 6.45) is 0. The molecule has 11 nitrogen and oxygen atoms in total. The molecule has 0 saturated carbocycles. The molecule has 12 heteroatoms. The molecule has 0 aliphatic carbocycles. The second-order valence-corrected chi connectivity index (χ2v) is 9.36. The Hall–Kier alpha value is -3.93. The van der Waals surface area contributed by atoms with E-state index < -0.39 is 11.0 Å². The van der Waals surface area contributed by atoms with Gasteiger partial charge in [0.15, 0.2) is 11.0 Å². The van der Waals surface area contributed by atoms with Crippen LogP contribution in [0.2, 0.25) is 0 Å². The predicted molar refractivity (Wildman–Crippen MR) is 136 cm³/mol. The molecule has 190 valence electrons. The van der Waals surface area contributed by atoms with Crippen LogP contribution >= 0.6 is 11.8 Å². The second-order valence-electron chi connectivity index (χ2n) is 8.42. The summed E-state index contributed by atoms with van der Waals surface area (Å²) in [5.41, 5.74) is 1.56. The molecule has 0 radical (unpaired) electrons. The molecule has 1 aromatic heterocycles. The fraction of sp³-hybridized carbons (Fsp3) is 0.333. The number of thioether (sulfide) groups is 1. The van der Waals surface area contributed by atoms with Crippen molar-refractivity contribution in [1.29, 1.82) is 0 Å². The highest BCUT2D eigenvalue weighted by atomic mass is 32.2. The molecule has 0 aliphatic heterocycles. The van der Waals surface area contributed by atoms with Crippen LogP contribution in [0.25, 0.3) is 0 Å². The monoisotopic (exact) mass is 512 g/mol. The third-order valence-electron chi connectivity index (χ3n) is 5.48. The Morgan fingerprint density at radius 3 is 2.44 bits per heavy atom. The van der Waals surface area contributed by atoms with Crippen molar-refractivity contribution in [3.8, 4) is 5.75 Å². The number of anilines is 1. The Morgan fingerprint density at radius 2 is 1.86 bits per heavy atom. The highest BCUT2D eigenvalue weighted by molar-refractivity contribution is 7.99. The molecule has 0 unspecified atom stereocenters. The van der Waals surface area contributed by atoms with E-state index in [1.54, 1.807) is 49.9 Å². The molecular formula is C24H28N6O5S. The van der Waals surface area contributed by atoms with Crippen LogP contribution in [0.3, 0.4) is 0 Å². The number of aryl methyl sites for hydroxylation is 1. The van der Waals surface area contributed by atoms with Crippen LogP contribution in [0.1, 0.15) is 41.6 Å². The van der Waals surface area contributed by atoms with E-state index in [0.717, 1.165) is 0 Å². The van der Waals surface area contributed by atoms with Crippen LogP contribution < -0.4 is 15.4 Å². The largest absolute Gasteiger partial charge is 0.497 e. The Kier molecular flexibility index (Phi) is 8.64. The number of carbonyl (C=O) groups is 2. The fourth-order valence-electron chi connectivity index (χ4n) is 3.44. The van der Waals surface area contributed by atoms with Gasteiger partial charge in [-0.2, -0.15) is 0 Å². The molecular weight excluding hydrogens is 484 g/mol. The highest BCUT2D eigenvalue weighted by Gasteiger charge is 2.25. The van der Waals surface area contributed by atoms with Crippen LogP contribution in [0.4, 0.5) is 11.4 Å². The minimum absolute atomic E-state index is 0.0290. The highest BCUT2D eigenvalue weighted by Crippen LogP contribution is 2.26. The van der Waals surface area contributed by atoms with Crippen LogP contribution in [-0.4, -0.2) is 44.4 Å².